The highest BCUT2D eigenvalue weighted by Crippen LogP contribution is 2.29. The number of rotatable bonds is 6. The molecule has 19 heavy (non-hydrogen) atoms. The molecule has 1 fully saturated rings. The Labute approximate surface area is 114 Å². The fraction of sp³-hybridized carbons (Fsp3) is 0.600. The van der Waals surface area contributed by atoms with Crippen molar-refractivity contribution in [1.82, 2.24) is 0 Å². The smallest absolute Gasteiger partial charge is 0.160 e. The zero-order valence-corrected chi connectivity index (χ0v) is 11.7. The van der Waals surface area contributed by atoms with Crippen molar-refractivity contribution < 1.29 is 14.2 Å². The van der Waals surface area contributed by atoms with Crippen LogP contribution in [-0.4, -0.2) is 33.0 Å². The second-order valence-electron chi connectivity index (χ2n) is 4.92. The molecule has 0 spiro atoms. The summed E-state index contributed by atoms with van der Waals surface area (Å²) in [5.41, 5.74) is 6.87. The Kier molecular flexibility index (Phi) is 5.05. The first-order valence-electron chi connectivity index (χ1n) is 6.83. The first-order chi connectivity index (χ1) is 9.26. The van der Waals surface area contributed by atoms with E-state index in [1.165, 1.54) is 5.56 Å². The van der Waals surface area contributed by atoms with Gasteiger partial charge in [-0.25, -0.2) is 0 Å². The standard InChI is InChI=1S/C15H23NO3/c1-17-14-8-4-11(9-15(14)18-2)3-5-12-6-7-13(10-16)19-12/h4,8-9,12-13H,3,5-7,10,16H2,1-2H3. The number of ether oxygens (including phenoxy) is 3. The summed E-state index contributed by atoms with van der Waals surface area (Å²) < 4.78 is 16.4. The van der Waals surface area contributed by atoms with E-state index in [1.54, 1.807) is 14.2 Å². The molecular weight excluding hydrogens is 242 g/mol. The monoisotopic (exact) mass is 265 g/mol. The Morgan fingerprint density at radius 3 is 2.53 bits per heavy atom. The average Bonchev–Trinajstić information content (AvgIpc) is 2.92. The number of aryl methyl sites for hydroxylation is 1. The van der Waals surface area contributed by atoms with Gasteiger partial charge in [0.25, 0.3) is 0 Å². The van der Waals surface area contributed by atoms with Gasteiger partial charge in [0.15, 0.2) is 11.5 Å². The van der Waals surface area contributed by atoms with Gasteiger partial charge in [0.1, 0.15) is 0 Å². The molecule has 0 radical (unpaired) electrons. The molecule has 4 heteroatoms. The summed E-state index contributed by atoms with van der Waals surface area (Å²) in [6.45, 7) is 0.632. The molecule has 0 aliphatic carbocycles. The van der Waals surface area contributed by atoms with Crippen LogP contribution in [0.15, 0.2) is 18.2 Å². The molecule has 2 N–H and O–H groups in total. The third-order valence-corrected chi connectivity index (χ3v) is 3.66. The first kappa shape index (κ1) is 14.2. The molecule has 0 aromatic heterocycles. The van der Waals surface area contributed by atoms with Crippen LogP contribution in [0.5, 0.6) is 11.5 Å². The Bertz CT molecular complexity index is 408. The van der Waals surface area contributed by atoms with Crippen LogP contribution >= 0.6 is 0 Å². The van der Waals surface area contributed by atoms with E-state index in [2.05, 4.69) is 6.07 Å². The minimum absolute atomic E-state index is 0.260. The normalized spacial score (nSPS) is 22.5. The molecule has 2 atom stereocenters. The van der Waals surface area contributed by atoms with Crippen LogP contribution in [0.25, 0.3) is 0 Å². The predicted octanol–water partition coefficient (Wildman–Crippen LogP) is 2.14. The number of methoxy groups -OCH3 is 2. The highest BCUT2D eigenvalue weighted by Gasteiger charge is 2.23. The largest absolute Gasteiger partial charge is 0.493 e. The van der Waals surface area contributed by atoms with Crippen LogP contribution in [0, 0.1) is 0 Å². The number of hydrogen-bond acceptors (Lipinski definition) is 4. The summed E-state index contributed by atoms with van der Waals surface area (Å²) in [7, 11) is 3.31. The van der Waals surface area contributed by atoms with Crippen molar-refractivity contribution in [2.24, 2.45) is 5.73 Å². The summed E-state index contributed by atoms with van der Waals surface area (Å²) in [5, 5.41) is 0. The van der Waals surface area contributed by atoms with Gasteiger partial charge >= 0.3 is 0 Å². The second-order valence-corrected chi connectivity index (χ2v) is 4.92. The lowest BCUT2D eigenvalue weighted by atomic mass is 10.0. The molecule has 106 valence electrons. The maximum Gasteiger partial charge on any atom is 0.160 e. The van der Waals surface area contributed by atoms with E-state index in [0.717, 1.165) is 37.2 Å². The van der Waals surface area contributed by atoms with Crippen molar-refractivity contribution in [3.05, 3.63) is 23.8 Å². The fourth-order valence-corrected chi connectivity index (χ4v) is 2.53. The molecule has 1 aliphatic rings. The Balaban J connectivity index is 1.89. The molecular formula is C15H23NO3. The number of hydrogen-bond donors (Lipinski definition) is 1. The minimum Gasteiger partial charge on any atom is -0.493 e. The molecule has 1 aromatic carbocycles. The third-order valence-electron chi connectivity index (χ3n) is 3.66. The number of benzene rings is 1. The van der Waals surface area contributed by atoms with Gasteiger partial charge in [0.2, 0.25) is 0 Å². The fourth-order valence-electron chi connectivity index (χ4n) is 2.53. The predicted molar refractivity (Wildman–Crippen MR) is 74.8 cm³/mol. The molecule has 1 saturated heterocycles. The molecule has 4 nitrogen and oxygen atoms in total. The summed E-state index contributed by atoms with van der Waals surface area (Å²) in [6, 6.07) is 6.07. The molecule has 2 unspecified atom stereocenters. The number of nitrogens with two attached hydrogens (primary N) is 1. The van der Waals surface area contributed by atoms with Crippen molar-refractivity contribution >= 4 is 0 Å². The first-order valence-corrected chi connectivity index (χ1v) is 6.83. The molecule has 1 heterocycles. The van der Waals surface area contributed by atoms with E-state index in [0.29, 0.717) is 12.6 Å². The highest BCUT2D eigenvalue weighted by atomic mass is 16.5. The highest BCUT2D eigenvalue weighted by molar-refractivity contribution is 5.42. The average molecular weight is 265 g/mol. The van der Waals surface area contributed by atoms with Gasteiger partial charge in [-0.1, -0.05) is 6.07 Å². The SMILES string of the molecule is COc1ccc(CCC2CCC(CN)O2)cc1OC. The summed E-state index contributed by atoms with van der Waals surface area (Å²) >= 11 is 0. The van der Waals surface area contributed by atoms with E-state index in [9.17, 15) is 0 Å². The van der Waals surface area contributed by atoms with Gasteiger partial charge < -0.3 is 19.9 Å². The maximum atomic E-state index is 5.85. The van der Waals surface area contributed by atoms with Crippen molar-refractivity contribution in [3.8, 4) is 11.5 Å². The summed E-state index contributed by atoms with van der Waals surface area (Å²) in [5.74, 6) is 1.55. The van der Waals surface area contributed by atoms with Crippen molar-refractivity contribution in [3.63, 3.8) is 0 Å². The van der Waals surface area contributed by atoms with Gasteiger partial charge in [-0.15, -0.1) is 0 Å². The molecule has 0 amide bonds. The quantitative estimate of drug-likeness (QED) is 0.856. The third kappa shape index (κ3) is 3.61. The van der Waals surface area contributed by atoms with Crippen molar-refractivity contribution in [2.45, 2.75) is 37.9 Å². The van der Waals surface area contributed by atoms with E-state index in [1.807, 2.05) is 12.1 Å². The lowest BCUT2D eigenvalue weighted by Crippen LogP contribution is -2.20. The van der Waals surface area contributed by atoms with Gasteiger partial charge in [0, 0.05) is 6.54 Å². The van der Waals surface area contributed by atoms with Crippen LogP contribution < -0.4 is 15.2 Å². The summed E-state index contributed by atoms with van der Waals surface area (Å²) in [4.78, 5) is 0. The Morgan fingerprint density at radius 1 is 1.16 bits per heavy atom. The van der Waals surface area contributed by atoms with E-state index in [-0.39, 0.29) is 6.10 Å². The van der Waals surface area contributed by atoms with Crippen LogP contribution in [0.3, 0.4) is 0 Å². The van der Waals surface area contributed by atoms with Gasteiger partial charge in [-0.3, -0.25) is 0 Å². The lowest BCUT2D eigenvalue weighted by molar-refractivity contribution is 0.0458. The Hall–Kier alpha value is -1.26. The zero-order chi connectivity index (χ0) is 13.7. The van der Waals surface area contributed by atoms with Crippen molar-refractivity contribution in [2.75, 3.05) is 20.8 Å². The van der Waals surface area contributed by atoms with Crippen LogP contribution in [0.4, 0.5) is 0 Å². The topological polar surface area (TPSA) is 53.7 Å². The van der Waals surface area contributed by atoms with Crippen LogP contribution in [0.2, 0.25) is 0 Å². The van der Waals surface area contributed by atoms with Crippen LogP contribution in [-0.2, 0) is 11.2 Å². The van der Waals surface area contributed by atoms with Gasteiger partial charge in [-0.05, 0) is 43.4 Å². The maximum absolute atomic E-state index is 5.85. The Morgan fingerprint density at radius 2 is 1.89 bits per heavy atom. The molecule has 0 saturated carbocycles. The van der Waals surface area contributed by atoms with Crippen molar-refractivity contribution in [1.29, 1.82) is 0 Å². The van der Waals surface area contributed by atoms with Gasteiger partial charge in [-0.2, -0.15) is 0 Å². The van der Waals surface area contributed by atoms with E-state index >= 15 is 0 Å². The summed E-state index contributed by atoms with van der Waals surface area (Å²) in [6.07, 6.45) is 4.84. The molecule has 2 rings (SSSR count). The molecule has 1 aromatic rings. The van der Waals surface area contributed by atoms with E-state index < -0.39 is 0 Å². The van der Waals surface area contributed by atoms with Gasteiger partial charge in [0.05, 0.1) is 26.4 Å². The minimum atomic E-state index is 0.260. The molecule has 1 aliphatic heterocycles. The zero-order valence-electron chi connectivity index (χ0n) is 11.7. The molecule has 0 bridgehead atoms. The van der Waals surface area contributed by atoms with Crippen LogP contribution in [0.1, 0.15) is 24.8 Å². The van der Waals surface area contributed by atoms with E-state index in [4.69, 9.17) is 19.9 Å². The lowest BCUT2D eigenvalue weighted by Gasteiger charge is -2.13. The second kappa shape index (κ2) is 6.78.